The molecule has 24 heavy (non-hydrogen) atoms. The van der Waals surface area contributed by atoms with Crippen molar-refractivity contribution in [3.05, 3.63) is 51.7 Å². The molecular formula is C16H15FN4O2S. The summed E-state index contributed by atoms with van der Waals surface area (Å²) in [6, 6.07) is 7.25. The van der Waals surface area contributed by atoms with Crippen molar-refractivity contribution in [1.82, 2.24) is 9.97 Å². The number of amides is 1. The monoisotopic (exact) mass is 346 g/mol. The predicted molar refractivity (Wildman–Crippen MR) is 89.3 cm³/mol. The molecule has 2 rings (SSSR count). The smallest absolute Gasteiger partial charge is 0.269 e. The van der Waals surface area contributed by atoms with Gasteiger partial charge in [-0.2, -0.15) is 5.26 Å². The fraction of sp³-hybridized carbons (Fsp3) is 0.250. The zero-order chi connectivity index (χ0) is 17.7. The van der Waals surface area contributed by atoms with Crippen molar-refractivity contribution in [3.63, 3.8) is 0 Å². The number of benzene rings is 1. The lowest BCUT2D eigenvalue weighted by atomic mass is 10.2. The minimum absolute atomic E-state index is 0.00901. The number of carbonyl (C=O) groups excluding carboxylic acids is 1. The second kappa shape index (κ2) is 7.75. The number of aromatic amines is 1. The highest BCUT2D eigenvalue weighted by Gasteiger charge is 2.18. The molecule has 0 aliphatic heterocycles. The van der Waals surface area contributed by atoms with E-state index in [1.165, 1.54) is 24.3 Å². The van der Waals surface area contributed by atoms with Crippen LogP contribution in [0.3, 0.4) is 0 Å². The Morgan fingerprint density at radius 3 is 2.71 bits per heavy atom. The van der Waals surface area contributed by atoms with E-state index in [-0.39, 0.29) is 22.4 Å². The number of hydrogen-bond acceptors (Lipinski definition) is 5. The Morgan fingerprint density at radius 2 is 2.12 bits per heavy atom. The normalized spacial score (nSPS) is 11.6. The molecule has 0 aliphatic carbocycles. The molecule has 0 saturated heterocycles. The molecule has 2 N–H and O–H groups in total. The van der Waals surface area contributed by atoms with Gasteiger partial charge in [0.2, 0.25) is 5.91 Å². The van der Waals surface area contributed by atoms with Crippen molar-refractivity contribution in [3.8, 4) is 6.07 Å². The molecule has 8 heteroatoms. The maximum Gasteiger partial charge on any atom is 0.269 e. The standard InChI is InChI=1S/C16H15FN4O2S/c1-3-13-12(8-18)15(23)21-16(20-13)24-9(2)14(22)19-11-6-4-10(17)5-7-11/h4-7,9H,3H2,1-2H3,(H,19,22)(H,20,21,23)/t9-/m0/s1. The number of nitriles is 1. The lowest BCUT2D eigenvalue weighted by Gasteiger charge is -2.12. The van der Waals surface area contributed by atoms with Crippen LogP contribution in [0.4, 0.5) is 10.1 Å². The van der Waals surface area contributed by atoms with Crippen LogP contribution >= 0.6 is 11.8 Å². The van der Waals surface area contributed by atoms with Crippen LogP contribution in [0.5, 0.6) is 0 Å². The van der Waals surface area contributed by atoms with Crippen molar-refractivity contribution in [2.75, 3.05) is 5.32 Å². The average Bonchev–Trinajstić information content (AvgIpc) is 2.56. The Kier molecular flexibility index (Phi) is 5.71. The van der Waals surface area contributed by atoms with Crippen molar-refractivity contribution in [2.45, 2.75) is 30.7 Å². The van der Waals surface area contributed by atoms with Crippen LogP contribution in [-0.4, -0.2) is 21.1 Å². The van der Waals surface area contributed by atoms with E-state index in [2.05, 4.69) is 15.3 Å². The highest BCUT2D eigenvalue weighted by atomic mass is 32.2. The number of nitrogens with one attached hydrogen (secondary N) is 2. The van der Waals surface area contributed by atoms with Gasteiger partial charge in [-0.05, 0) is 37.6 Å². The number of aryl methyl sites for hydroxylation is 1. The molecule has 0 bridgehead atoms. The summed E-state index contributed by atoms with van der Waals surface area (Å²) < 4.78 is 12.9. The van der Waals surface area contributed by atoms with E-state index in [0.717, 1.165) is 11.8 Å². The zero-order valence-electron chi connectivity index (χ0n) is 13.1. The van der Waals surface area contributed by atoms with Crippen LogP contribution in [0.2, 0.25) is 0 Å². The minimum atomic E-state index is -0.546. The highest BCUT2D eigenvalue weighted by molar-refractivity contribution is 8.00. The summed E-state index contributed by atoms with van der Waals surface area (Å²) in [6.45, 7) is 3.45. The molecule has 0 fully saturated rings. The number of anilines is 1. The van der Waals surface area contributed by atoms with Crippen LogP contribution in [0, 0.1) is 17.1 Å². The van der Waals surface area contributed by atoms with Crippen LogP contribution in [0.15, 0.2) is 34.2 Å². The Labute approximate surface area is 142 Å². The molecule has 0 radical (unpaired) electrons. The average molecular weight is 346 g/mol. The number of halogens is 1. The molecule has 1 aromatic carbocycles. The first-order valence-corrected chi connectivity index (χ1v) is 8.09. The minimum Gasteiger partial charge on any atom is -0.325 e. The summed E-state index contributed by atoms with van der Waals surface area (Å²) >= 11 is 1.07. The van der Waals surface area contributed by atoms with Gasteiger partial charge in [0.25, 0.3) is 5.56 Å². The summed E-state index contributed by atoms with van der Waals surface area (Å²) in [5.74, 6) is -0.696. The summed E-state index contributed by atoms with van der Waals surface area (Å²) in [6.07, 6.45) is 0.441. The molecule has 1 heterocycles. The number of hydrogen-bond donors (Lipinski definition) is 2. The SMILES string of the molecule is CCc1nc(S[C@@H](C)C(=O)Nc2ccc(F)cc2)[nH]c(=O)c1C#N. The molecule has 1 atom stereocenters. The Hall–Kier alpha value is -2.66. The van der Waals surface area contributed by atoms with Gasteiger partial charge in [-0.3, -0.25) is 9.59 Å². The summed E-state index contributed by atoms with van der Waals surface area (Å²) in [4.78, 5) is 30.7. The van der Waals surface area contributed by atoms with Gasteiger partial charge in [-0.1, -0.05) is 18.7 Å². The quantitative estimate of drug-likeness (QED) is 0.640. The molecule has 124 valence electrons. The van der Waals surface area contributed by atoms with Gasteiger partial charge in [0.05, 0.1) is 10.9 Å². The van der Waals surface area contributed by atoms with Gasteiger partial charge in [0.15, 0.2) is 5.16 Å². The summed E-state index contributed by atoms with van der Waals surface area (Å²) in [5.41, 5.74) is 0.350. The van der Waals surface area contributed by atoms with Gasteiger partial charge < -0.3 is 10.3 Å². The number of thioether (sulfide) groups is 1. The highest BCUT2D eigenvalue weighted by Crippen LogP contribution is 2.21. The van der Waals surface area contributed by atoms with Crippen LogP contribution in [0.25, 0.3) is 0 Å². The third-order valence-corrected chi connectivity index (χ3v) is 4.17. The molecule has 1 amide bonds. The first kappa shape index (κ1) is 17.7. The van der Waals surface area contributed by atoms with Gasteiger partial charge in [-0.15, -0.1) is 0 Å². The van der Waals surface area contributed by atoms with E-state index in [1.807, 2.05) is 6.07 Å². The van der Waals surface area contributed by atoms with Gasteiger partial charge in [0, 0.05) is 5.69 Å². The molecule has 2 aromatic rings. The van der Waals surface area contributed by atoms with Gasteiger partial charge in [-0.25, -0.2) is 9.37 Å². The first-order chi connectivity index (χ1) is 11.4. The third-order valence-electron chi connectivity index (χ3n) is 3.19. The fourth-order valence-corrected chi connectivity index (χ4v) is 2.74. The van der Waals surface area contributed by atoms with Crippen molar-refractivity contribution in [2.24, 2.45) is 0 Å². The Bertz CT molecular complexity index is 843. The second-order valence-corrected chi connectivity index (χ2v) is 6.24. The van der Waals surface area contributed by atoms with Crippen LogP contribution in [0.1, 0.15) is 25.1 Å². The van der Waals surface area contributed by atoms with E-state index in [0.29, 0.717) is 17.8 Å². The summed E-state index contributed by atoms with van der Waals surface area (Å²) in [7, 11) is 0. The van der Waals surface area contributed by atoms with E-state index in [9.17, 15) is 14.0 Å². The molecular weight excluding hydrogens is 331 g/mol. The first-order valence-electron chi connectivity index (χ1n) is 7.21. The largest absolute Gasteiger partial charge is 0.325 e. The Balaban J connectivity index is 2.11. The molecule has 1 aromatic heterocycles. The topological polar surface area (TPSA) is 98.6 Å². The van der Waals surface area contributed by atoms with Gasteiger partial charge in [0.1, 0.15) is 17.4 Å². The second-order valence-electron chi connectivity index (χ2n) is 4.91. The third kappa shape index (κ3) is 4.20. The Morgan fingerprint density at radius 1 is 1.46 bits per heavy atom. The van der Waals surface area contributed by atoms with Crippen molar-refractivity contribution < 1.29 is 9.18 Å². The number of nitrogens with zero attached hydrogens (tertiary/aromatic N) is 2. The zero-order valence-corrected chi connectivity index (χ0v) is 13.9. The van der Waals surface area contributed by atoms with Crippen LogP contribution in [-0.2, 0) is 11.2 Å². The molecule has 6 nitrogen and oxygen atoms in total. The molecule has 0 unspecified atom stereocenters. The molecule has 0 spiro atoms. The maximum atomic E-state index is 12.9. The van der Waals surface area contributed by atoms with Crippen molar-refractivity contribution >= 4 is 23.4 Å². The van der Waals surface area contributed by atoms with E-state index < -0.39 is 10.8 Å². The van der Waals surface area contributed by atoms with Gasteiger partial charge >= 0.3 is 0 Å². The number of H-pyrrole nitrogens is 1. The number of aromatic nitrogens is 2. The lowest BCUT2D eigenvalue weighted by Crippen LogP contribution is -2.24. The summed E-state index contributed by atoms with van der Waals surface area (Å²) in [5, 5.41) is 11.4. The lowest BCUT2D eigenvalue weighted by molar-refractivity contribution is -0.115. The van der Waals surface area contributed by atoms with E-state index in [4.69, 9.17) is 5.26 Å². The molecule has 0 saturated carbocycles. The number of carbonyl (C=O) groups is 1. The predicted octanol–water partition coefficient (Wildman–Crippen LogP) is 2.46. The van der Waals surface area contributed by atoms with Crippen molar-refractivity contribution in [1.29, 1.82) is 5.26 Å². The van der Waals surface area contributed by atoms with E-state index >= 15 is 0 Å². The molecule has 0 aliphatic rings. The van der Waals surface area contributed by atoms with Crippen LogP contribution < -0.4 is 10.9 Å². The number of rotatable bonds is 5. The van der Waals surface area contributed by atoms with E-state index in [1.54, 1.807) is 13.8 Å². The maximum absolute atomic E-state index is 12.9. The fourth-order valence-electron chi connectivity index (χ4n) is 1.92.